The highest BCUT2D eigenvalue weighted by Gasteiger charge is 2.02. The number of benzene rings is 1. The first-order valence-electron chi connectivity index (χ1n) is 7.81. The second-order valence-electron chi connectivity index (χ2n) is 5.28. The van der Waals surface area contributed by atoms with Gasteiger partial charge in [-0.15, -0.1) is 0 Å². The number of likely N-dealkylation sites (N-methyl/N-ethyl adjacent to an activating group) is 1. The predicted octanol–water partition coefficient (Wildman–Crippen LogP) is 2.58. The number of hydrogen-bond acceptors (Lipinski definition) is 3. The van der Waals surface area contributed by atoms with Crippen molar-refractivity contribution in [3.8, 4) is 5.75 Å². The number of unbranched alkanes of at least 4 members (excludes halogenated alkanes) is 1. The average Bonchev–Trinajstić information content (AvgIpc) is 2.47. The second-order valence-corrected chi connectivity index (χ2v) is 5.28. The molecule has 0 aliphatic heterocycles. The third-order valence-corrected chi connectivity index (χ3v) is 3.27. The van der Waals surface area contributed by atoms with Gasteiger partial charge in [-0.05, 0) is 50.4 Å². The summed E-state index contributed by atoms with van der Waals surface area (Å²) in [5, 5.41) is 6.07. The second kappa shape index (κ2) is 10.2. The molecule has 0 bridgehead atoms. The number of amides is 1. The number of hydrogen-bond donors (Lipinski definition) is 2. The van der Waals surface area contributed by atoms with Gasteiger partial charge >= 0.3 is 0 Å². The lowest BCUT2D eigenvalue weighted by atomic mass is 10.1. The maximum Gasteiger partial charge on any atom is 0.220 e. The van der Waals surface area contributed by atoms with E-state index in [4.69, 9.17) is 4.74 Å². The lowest BCUT2D eigenvalue weighted by Crippen LogP contribution is -2.31. The Balaban J connectivity index is 2.09. The van der Waals surface area contributed by atoms with Gasteiger partial charge in [0.25, 0.3) is 0 Å². The van der Waals surface area contributed by atoms with Gasteiger partial charge < -0.3 is 15.4 Å². The monoisotopic (exact) mass is 292 g/mol. The molecular formula is C17H28N2O2. The van der Waals surface area contributed by atoms with E-state index in [1.54, 1.807) is 0 Å². The van der Waals surface area contributed by atoms with Crippen LogP contribution in [0.4, 0.5) is 0 Å². The molecule has 0 unspecified atom stereocenters. The Kier molecular flexibility index (Phi) is 8.51. The fourth-order valence-electron chi connectivity index (χ4n) is 1.99. The van der Waals surface area contributed by atoms with E-state index in [0.717, 1.165) is 37.2 Å². The van der Waals surface area contributed by atoms with Crippen molar-refractivity contribution < 1.29 is 9.53 Å². The number of carbonyl (C=O) groups excluding carboxylic acids is 1. The molecule has 0 saturated heterocycles. The van der Waals surface area contributed by atoms with Crippen LogP contribution in [0.5, 0.6) is 5.75 Å². The maximum atomic E-state index is 11.6. The normalized spacial score (nSPS) is 10.4. The lowest BCUT2D eigenvalue weighted by Gasteiger charge is -2.10. The molecule has 4 nitrogen and oxygen atoms in total. The summed E-state index contributed by atoms with van der Waals surface area (Å²) in [6, 6.07) is 6.21. The highest BCUT2D eigenvalue weighted by Crippen LogP contribution is 2.19. The Morgan fingerprint density at radius 1 is 1.19 bits per heavy atom. The van der Waals surface area contributed by atoms with Gasteiger partial charge in [-0.2, -0.15) is 0 Å². The zero-order chi connectivity index (χ0) is 15.5. The smallest absolute Gasteiger partial charge is 0.220 e. The molecule has 118 valence electrons. The fraction of sp³-hybridized carbons (Fsp3) is 0.588. The summed E-state index contributed by atoms with van der Waals surface area (Å²) in [7, 11) is 0. The van der Waals surface area contributed by atoms with E-state index in [-0.39, 0.29) is 5.91 Å². The molecule has 2 N–H and O–H groups in total. The topological polar surface area (TPSA) is 50.4 Å². The molecular weight excluding hydrogens is 264 g/mol. The summed E-state index contributed by atoms with van der Waals surface area (Å²) >= 11 is 0. The highest BCUT2D eigenvalue weighted by atomic mass is 16.5. The first kappa shape index (κ1) is 17.5. The van der Waals surface area contributed by atoms with E-state index in [0.29, 0.717) is 19.6 Å². The van der Waals surface area contributed by atoms with Crippen LogP contribution in [0.25, 0.3) is 0 Å². The third-order valence-electron chi connectivity index (χ3n) is 3.27. The Labute approximate surface area is 128 Å². The van der Waals surface area contributed by atoms with Crippen molar-refractivity contribution in [1.29, 1.82) is 0 Å². The minimum atomic E-state index is 0.125. The minimum Gasteiger partial charge on any atom is -0.493 e. The Morgan fingerprint density at radius 3 is 2.76 bits per heavy atom. The quantitative estimate of drug-likeness (QED) is 0.652. The molecule has 0 saturated carbocycles. The van der Waals surface area contributed by atoms with Crippen LogP contribution in [0.3, 0.4) is 0 Å². The van der Waals surface area contributed by atoms with Crippen molar-refractivity contribution in [1.82, 2.24) is 10.6 Å². The lowest BCUT2D eigenvalue weighted by molar-refractivity contribution is -0.121. The Morgan fingerprint density at radius 2 is 2.00 bits per heavy atom. The summed E-state index contributed by atoms with van der Waals surface area (Å²) in [5.74, 6) is 1.07. The molecule has 1 amide bonds. The van der Waals surface area contributed by atoms with Crippen molar-refractivity contribution >= 4 is 5.91 Å². The molecule has 0 aromatic heterocycles. The van der Waals surface area contributed by atoms with Crippen LogP contribution < -0.4 is 15.4 Å². The van der Waals surface area contributed by atoms with E-state index in [1.807, 2.05) is 6.92 Å². The van der Waals surface area contributed by atoms with Crippen LogP contribution in [0.15, 0.2) is 18.2 Å². The van der Waals surface area contributed by atoms with Crippen LogP contribution >= 0.6 is 0 Å². The highest BCUT2D eigenvalue weighted by molar-refractivity contribution is 5.75. The number of rotatable bonds is 10. The molecule has 0 radical (unpaired) electrons. The summed E-state index contributed by atoms with van der Waals surface area (Å²) < 4.78 is 5.77. The largest absolute Gasteiger partial charge is 0.493 e. The third kappa shape index (κ3) is 7.71. The SMILES string of the molecule is CCNCCNC(=O)CCCCOc1cc(C)ccc1C. The zero-order valence-electron chi connectivity index (χ0n) is 13.5. The number of aryl methyl sites for hydroxylation is 2. The first-order chi connectivity index (χ1) is 10.1. The molecule has 0 aliphatic carbocycles. The number of nitrogens with one attached hydrogen (secondary N) is 2. The van der Waals surface area contributed by atoms with Crippen LogP contribution in [0.2, 0.25) is 0 Å². The summed E-state index contributed by atoms with van der Waals surface area (Å²) in [6.45, 7) is 9.29. The molecule has 4 heteroatoms. The van der Waals surface area contributed by atoms with Crippen molar-refractivity contribution in [3.63, 3.8) is 0 Å². The molecule has 1 aromatic carbocycles. The van der Waals surface area contributed by atoms with Crippen LogP contribution in [0, 0.1) is 13.8 Å². The van der Waals surface area contributed by atoms with E-state index in [9.17, 15) is 4.79 Å². The van der Waals surface area contributed by atoms with Gasteiger partial charge in [0.1, 0.15) is 5.75 Å². The average molecular weight is 292 g/mol. The van der Waals surface area contributed by atoms with Gasteiger partial charge in [0.05, 0.1) is 6.61 Å². The van der Waals surface area contributed by atoms with E-state index < -0.39 is 0 Å². The molecule has 1 rings (SSSR count). The van der Waals surface area contributed by atoms with Crippen LogP contribution in [-0.2, 0) is 4.79 Å². The fourth-order valence-corrected chi connectivity index (χ4v) is 1.99. The minimum absolute atomic E-state index is 0.125. The van der Waals surface area contributed by atoms with Gasteiger partial charge in [-0.25, -0.2) is 0 Å². The van der Waals surface area contributed by atoms with Crippen molar-refractivity contribution in [3.05, 3.63) is 29.3 Å². The van der Waals surface area contributed by atoms with Gasteiger partial charge in [-0.1, -0.05) is 19.1 Å². The zero-order valence-corrected chi connectivity index (χ0v) is 13.5. The van der Waals surface area contributed by atoms with E-state index >= 15 is 0 Å². The number of ether oxygens (including phenoxy) is 1. The molecule has 0 fully saturated rings. The van der Waals surface area contributed by atoms with Crippen molar-refractivity contribution in [2.75, 3.05) is 26.2 Å². The standard InChI is InChI=1S/C17H28N2O2/c1-4-18-10-11-19-17(20)7-5-6-12-21-16-13-14(2)8-9-15(16)3/h8-9,13,18H,4-7,10-12H2,1-3H3,(H,19,20). The summed E-state index contributed by atoms with van der Waals surface area (Å²) in [4.78, 5) is 11.6. The van der Waals surface area contributed by atoms with Gasteiger partial charge in [0.2, 0.25) is 5.91 Å². The maximum absolute atomic E-state index is 11.6. The predicted molar refractivity (Wildman–Crippen MR) is 86.8 cm³/mol. The Hall–Kier alpha value is -1.55. The van der Waals surface area contributed by atoms with Crippen molar-refractivity contribution in [2.24, 2.45) is 0 Å². The van der Waals surface area contributed by atoms with Crippen LogP contribution in [-0.4, -0.2) is 32.1 Å². The molecule has 1 aromatic rings. The first-order valence-corrected chi connectivity index (χ1v) is 7.81. The van der Waals surface area contributed by atoms with Gasteiger partial charge in [0.15, 0.2) is 0 Å². The van der Waals surface area contributed by atoms with Crippen LogP contribution in [0.1, 0.15) is 37.3 Å². The molecule has 0 atom stereocenters. The van der Waals surface area contributed by atoms with Gasteiger partial charge in [0, 0.05) is 19.5 Å². The molecule has 0 heterocycles. The molecule has 0 spiro atoms. The van der Waals surface area contributed by atoms with Crippen molar-refractivity contribution in [2.45, 2.75) is 40.0 Å². The van der Waals surface area contributed by atoms with E-state index in [2.05, 4.69) is 42.7 Å². The van der Waals surface area contributed by atoms with Gasteiger partial charge in [-0.3, -0.25) is 4.79 Å². The number of carbonyl (C=O) groups is 1. The summed E-state index contributed by atoms with van der Waals surface area (Å²) in [6.07, 6.45) is 2.33. The van der Waals surface area contributed by atoms with E-state index in [1.165, 1.54) is 5.56 Å². The molecule has 0 aliphatic rings. The molecule has 21 heavy (non-hydrogen) atoms. The summed E-state index contributed by atoms with van der Waals surface area (Å²) in [5.41, 5.74) is 2.36. The Bertz CT molecular complexity index is 433.